The molecule has 6 aromatic rings. The van der Waals surface area contributed by atoms with Crippen molar-refractivity contribution in [2.45, 2.75) is 6.92 Å². The standard InChI is InChI=1S/C32H28N4O5S2/c1-18-10-12-19(13-11-18)30-29(31(37)33-2)22-15-21(25(17-26(22)41-30)36(3)43(5,38)39)24-16-23(32(40-4)35-34-24)28-14-20-8-6-7-9-27(20)42-28/h6-17H,1-5H3,(H,33,37). The Morgan fingerprint density at radius 1 is 1.00 bits per heavy atom. The molecule has 6 rings (SSSR count). The Morgan fingerprint density at radius 3 is 2.42 bits per heavy atom. The van der Waals surface area contributed by atoms with Gasteiger partial charge in [-0.1, -0.05) is 48.0 Å². The van der Waals surface area contributed by atoms with Crippen LogP contribution < -0.4 is 14.4 Å². The van der Waals surface area contributed by atoms with E-state index in [0.29, 0.717) is 50.7 Å². The molecule has 3 heterocycles. The lowest BCUT2D eigenvalue weighted by Crippen LogP contribution is -2.25. The highest BCUT2D eigenvalue weighted by Gasteiger charge is 2.27. The van der Waals surface area contributed by atoms with Crippen LogP contribution in [-0.2, 0) is 10.0 Å². The minimum absolute atomic E-state index is 0.324. The van der Waals surface area contributed by atoms with Crippen molar-refractivity contribution in [3.8, 4) is 38.9 Å². The van der Waals surface area contributed by atoms with Crippen molar-refractivity contribution in [1.29, 1.82) is 0 Å². The van der Waals surface area contributed by atoms with Gasteiger partial charge in [-0.25, -0.2) is 8.42 Å². The summed E-state index contributed by atoms with van der Waals surface area (Å²) in [5.41, 5.74) is 4.37. The molecule has 0 bridgehead atoms. The van der Waals surface area contributed by atoms with Gasteiger partial charge in [-0.3, -0.25) is 9.10 Å². The molecule has 0 fully saturated rings. The summed E-state index contributed by atoms with van der Waals surface area (Å²) >= 11 is 1.59. The molecule has 0 saturated carbocycles. The first-order chi connectivity index (χ1) is 20.6. The average molecular weight is 613 g/mol. The van der Waals surface area contributed by atoms with Gasteiger partial charge in [0.1, 0.15) is 11.3 Å². The molecule has 0 aliphatic rings. The van der Waals surface area contributed by atoms with Gasteiger partial charge in [0.25, 0.3) is 5.91 Å². The topological polar surface area (TPSA) is 115 Å². The van der Waals surface area contributed by atoms with Crippen molar-refractivity contribution in [1.82, 2.24) is 15.5 Å². The molecule has 0 unspecified atom stereocenters. The molecular weight excluding hydrogens is 585 g/mol. The number of carbonyl (C=O) groups is 1. The van der Waals surface area contributed by atoms with Crippen molar-refractivity contribution in [3.05, 3.63) is 83.9 Å². The number of ether oxygens (including phenoxy) is 1. The van der Waals surface area contributed by atoms with E-state index < -0.39 is 10.0 Å². The fourth-order valence-corrected chi connectivity index (χ4v) is 6.57. The van der Waals surface area contributed by atoms with Gasteiger partial charge in [-0.2, -0.15) is 0 Å². The maximum absolute atomic E-state index is 13.3. The summed E-state index contributed by atoms with van der Waals surface area (Å²) in [5.74, 6) is 0.382. The number of carbonyl (C=O) groups excluding carboxylic acids is 1. The molecule has 0 atom stereocenters. The van der Waals surface area contributed by atoms with Crippen LogP contribution in [0.4, 0.5) is 5.69 Å². The number of sulfonamides is 1. The number of aryl methyl sites for hydroxylation is 1. The summed E-state index contributed by atoms with van der Waals surface area (Å²) in [6.07, 6.45) is 1.12. The van der Waals surface area contributed by atoms with E-state index in [1.54, 1.807) is 30.5 Å². The van der Waals surface area contributed by atoms with Crippen LogP contribution in [0.25, 0.3) is 54.1 Å². The predicted molar refractivity (Wildman–Crippen MR) is 171 cm³/mol. The van der Waals surface area contributed by atoms with E-state index in [0.717, 1.165) is 32.3 Å². The van der Waals surface area contributed by atoms with Gasteiger partial charge >= 0.3 is 0 Å². The van der Waals surface area contributed by atoms with Crippen LogP contribution in [0, 0.1) is 6.92 Å². The van der Waals surface area contributed by atoms with Crippen molar-refractivity contribution in [2.24, 2.45) is 0 Å². The number of hydrogen-bond donors (Lipinski definition) is 1. The van der Waals surface area contributed by atoms with Crippen molar-refractivity contribution >= 4 is 54.0 Å². The highest BCUT2D eigenvalue weighted by atomic mass is 32.2. The van der Waals surface area contributed by atoms with Gasteiger partial charge in [0.05, 0.1) is 35.9 Å². The number of methoxy groups -OCH3 is 1. The van der Waals surface area contributed by atoms with E-state index in [4.69, 9.17) is 9.15 Å². The van der Waals surface area contributed by atoms with Crippen molar-refractivity contribution in [2.75, 3.05) is 31.8 Å². The number of nitrogens with zero attached hydrogens (tertiary/aromatic N) is 3. The Bertz CT molecular complexity index is 2100. The number of rotatable bonds is 7. The second-order valence-corrected chi connectivity index (χ2v) is 13.2. The minimum Gasteiger partial charge on any atom is -0.479 e. The lowest BCUT2D eigenvalue weighted by atomic mass is 10.00. The molecule has 0 aliphatic heterocycles. The van der Waals surface area contributed by atoms with E-state index in [2.05, 4.69) is 21.6 Å². The maximum atomic E-state index is 13.3. The summed E-state index contributed by atoms with van der Waals surface area (Å²) in [6, 6.07) is 22.9. The lowest BCUT2D eigenvalue weighted by molar-refractivity contribution is 0.0964. The van der Waals surface area contributed by atoms with Gasteiger partial charge < -0.3 is 14.5 Å². The number of aromatic nitrogens is 2. The summed E-state index contributed by atoms with van der Waals surface area (Å²) < 4.78 is 39.7. The van der Waals surface area contributed by atoms with Crippen LogP contribution in [-0.4, -0.2) is 52.0 Å². The Morgan fingerprint density at radius 2 is 1.74 bits per heavy atom. The van der Waals surface area contributed by atoms with Gasteiger partial charge in [-0.05, 0) is 36.6 Å². The molecular formula is C32H28N4O5S2. The fraction of sp³-hybridized carbons (Fsp3) is 0.156. The number of fused-ring (bicyclic) bond motifs is 2. The number of benzene rings is 3. The third kappa shape index (κ3) is 5.10. The summed E-state index contributed by atoms with van der Waals surface area (Å²) in [5, 5.41) is 13.1. The summed E-state index contributed by atoms with van der Waals surface area (Å²) in [6.45, 7) is 1.98. The first-order valence-electron chi connectivity index (χ1n) is 13.3. The summed E-state index contributed by atoms with van der Waals surface area (Å²) in [4.78, 5) is 14.2. The zero-order valence-corrected chi connectivity index (χ0v) is 25.8. The molecule has 1 N–H and O–H groups in total. The molecule has 11 heteroatoms. The normalized spacial score (nSPS) is 11.7. The molecule has 3 aromatic carbocycles. The van der Waals surface area contributed by atoms with Crippen LogP contribution in [0.15, 0.2) is 77.2 Å². The third-order valence-corrected chi connectivity index (χ3v) is 9.67. The number of nitrogens with one attached hydrogen (secondary N) is 1. The molecule has 1 amide bonds. The van der Waals surface area contributed by atoms with Crippen LogP contribution in [0.1, 0.15) is 15.9 Å². The molecule has 0 radical (unpaired) electrons. The van der Waals surface area contributed by atoms with E-state index in [1.807, 2.05) is 61.5 Å². The molecule has 0 spiro atoms. The van der Waals surface area contributed by atoms with Gasteiger partial charge in [-0.15, -0.1) is 21.5 Å². The van der Waals surface area contributed by atoms with E-state index >= 15 is 0 Å². The van der Waals surface area contributed by atoms with Gasteiger partial charge in [0, 0.05) is 46.3 Å². The van der Waals surface area contributed by atoms with E-state index in [-0.39, 0.29) is 5.91 Å². The molecule has 0 aliphatic carbocycles. The Hall–Kier alpha value is -4.74. The van der Waals surface area contributed by atoms with Crippen LogP contribution in [0.3, 0.4) is 0 Å². The van der Waals surface area contributed by atoms with Gasteiger partial charge in [0.2, 0.25) is 15.9 Å². The largest absolute Gasteiger partial charge is 0.479 e. The monoisotopic (exact) mass is 612 g/mol. The first-order valence-corrected chi connectivity index (χ1v) is 16.0. The lowest BCUT2D eigenvalue weighted by Gasteiger charge is -2.20. The van der Waals surface area contributed by atoms with Crippen LogP contribution >= 0.6 is 11.3 Å². The molecule has 9 nitrogen and oxygen atoms in total. The second-order valence-electron chi connectivity index (χ2n) is 10.1. The number of hydrogen-bond acceptors (Lipinski definition) is 8. The fourth-order valence-electron chi connectivity index (χ4n) is 4.99. The zero-order valence-electron chi connectivity index (χ0n) is 24.1. The number of anilines is 1. The SMILES string of the molecule is CNC(=O)c1c(-c2ccc(C)cc2)oc2cc(N(C)S(C)(=O)=O)c(-c3cc(-c4cc5ccccc5s4)c(OC)nn3)cc12. The van der Waals surface area contributed by atoms with Crippen molar-refractivity contribution in [3.63, 3.8) is 0 Å². The first kappa shape index (κ1) is 28.4. The smallest absolute Gasteiger partial charge is 0.255 e. The number of thiophene rings is 1. The van der Waals surface area contributed by atoms with E-state index in [9.17, 15) is 13.2 Å². The quantitative estimate of drug-likeness (QED) is 0.219. The predicted octanol–water partition coefficient (Wildman–Crippen LogP) is 6.51. The minimum atomic E-state index is -3.69. The zero-order chi connectivity index (χ0) is 30.5. The van der Waals surface area contributed by atoms with Gasteiger partial charge in [0.15, 0.2) is 0 Å². The van der Waals surface area contributed by atoms with E-state index in [1.165, 1.54) is 18.5 Å². The third-order valence-electron chi connectivity index (χ3n) is 7.33. The molecule has 218 valence electrons. The Kier molecular flexibility index (Phi) is 7.15. The Labute approximate surface area is 252 Å². The highest BCUT2D eigenvalue weighted by molar-refractivity contribution is 7.92. The van der Waals surface area contributed by atoms with Crippen LogP contribution in [0.2, 0.25) is 0 Å². The average Bonchev–Trinajstić information content (AvgIpc) is 3.61. The molecule has 0 saturated heterocycles. The number of amides is 1. The van der Waals surface area contributed by atoms with Crippen molar-refractivity contribution < 1.29 is 22.4 Å². The summed E-state index contributed by atoms with van der Waals surface area (Å²) in [7, 11) is 0.864. The van der Waals surface area contributed by atoms with Crippen LogP contribution in [0.5, 0.6) is 5.88 Å². The molecule has 3 aromatic heterocycles. The maximum Gasteiger partial charge on any atom is 0.255 e. The molecule has 43 heavy (non-hydrogen) atoms. The number of furan rings is 1. The Balaban J connectivity index is 1.64. The highest BCUT2D eigenvalue weighted by Crippen LogP contribution is 2.43. The second kappa shape index (κ2) is 10.8.